The number of hydrogen-bond donors (Lipinski definition) is 1. The molecule has 1 fully saturated rings. The summed E-state index contributed by atoms with van der Waals surface area (Å²) in [6.45, 7) is 8.53. The molecule has 1 aromatic rings. The Hall–Kier alpha value is -0.930. The van der Waals surface area contributed by atoms with E-state index in [1.165, 1.54) is 31.7 Å². The second-order valence-electron chi connectivity index (χ2n) is 6.36. The molecular weight excluding hydrogens is 263 g/mol. The summed E-state index contributed by atoms with van der Waals surface area (Å²) in [5, 5.41) is 0. The van der Waals surface area contributed by atoms with Crippen LogP contribution in [0.1, 0.15) is 50.7 Å². The molecule has 0 heterocycles. The predicted octanol–water partition coefficient (Wildman–Crippen LogP) is 3.66. The van der Waals surface area contributed by atoms with Gasteiger partial charge in [-0.05, 0) is 62.5 Å². The Balaban J connectivity index is 2.23. The van der Waals surface area contributed by atoms with E-state index in [4.69, 9.17) is 5.73 Å². The van der Waals surface area contributed by atoms with E-state index in [9.17, 15) is 4.39 Å². The molecule has 118 valence electrons. The highest BCUT2D eigenvalue weighted by molar-refractivity contribution is 5.28. The predicted molar refractivity (Wildman–Crippen MR) is 86.9 cm³/mol. The van der Waals surface area contributed by atoms with Crippen LogP contribution in [0.25, 0.3) is 0 Å². The van der Waals surface area contributed by atoms with E-state index in [0.29, 0.717) is 0 Å². The lowest BCUT2D eigenvalue weighted by Gasteiger charge is -2.45. The number of rotatable bonds is 6. The van der Waals surface area contributed by atoms with E-state index in [1.54, 1.807) is 6.07 Å². The number of nitrogens with two attached hydrogens (primary N) is 1. The van der Waals surface area contributed by atoms with E-state index >= 15 is 0 Å². The summed E-state index contributed by atoms with van der Waals surface area (Å²) in [7, 11) is 0. The third-order valence-corrected chi connectivity index (χ3v) is 5.30. The minimum absolute atomic E-state index is 0.0698. The van der Waals surface area contributed by atoms with Crippen molar-refractivity contribution in [1.82, 2.24) is 4.90 Å². The van der Waals surface area contributed by atoms with Gasteiger partial charge in [-0.3, -0.25) is 4.90 Å². The Kier molecular flexibility index (Phi) is 5.39. The van der Waals surface area contributed by atoms with E-state index in [1.807, 2.05) is 13.0 Å². The first-order valence-electron chi connectivity index (χ1n) is 8.29. The van der Waals surface area contributed by atoms with E-state index in [2.05, 4.69) is 18.7 Å². The minimum Gasteiger partial charge on any atom is -0.326 e. The smallest absolute Gasteiger partial charge is 0.123 e. The van der Waals surface area contributed by atoms with E-state index in [0.717, 1.165) is 30.6 Å². The zero-order chi connectivity index (χ0) is 15.5. The number of nitrogens with zero attached hydrogens (tertiary/aromatic N) is 1. The molecular formula is C18H29FN2. The first-order valence-corrected chi connectivity index (χ1v) is 8.29. The molecule has 3 heteroatoms. The third-order valence-electron chi connectivity index (χ3n) is 5.30. The van der Waals surface area contributed by atoms with Gasteiger partial charge in [0.2, 0.25) is 0 Å². The maximum atomic E-state index is 13.5. The number of likely N-dealkylation sites (N-methyl/N-ethyl adjacent to an activating group) is 1. The molecule has 0 amide bonds. The topological polar surface area (TPSA) is 29.3 Å². The fourth-order valence-electron chi connectivity index (χ4n) is 4.05. The summed E-state index contributed by atoms with van der Waals surface area (Å²) in [6, 6.07) is 5.11. The molecule has 1 unspecified atom stereocenters. The SMILES string of the molecule is CCN(CC)C1(C(N)Cc2cc(F)ccc2C)CCCC1. The lowest BCUT2D eigenvalue weighted by atomic mass is 9.82. The Morgan fingerprint density at radius 3 is 2.43 bits per heavy atom. The maximum absolute atomic E-state index is 13.5. The lowest BCUT2D eigenvalue weighted by Crippen LogP contribution is -2.59. The van der Waals surface area contributed by atoms with Gasteiger partial charge in [-0.25, -0.2) is 4.39 Å². The Bertz CT molecular complexity index is 462. The van der Waals surface area contributed by atoms with Crippen LogP contribution in [-0.2, 0) is 6.42 Å². The molecule has 0 bridgehead atoms. The van der Waals surface area contributed by atoms with Gasteiger partial charge in [-0.2, -0.15) is 0 Å². The molecule has 1 aliphatic rings. The molecule has 21 heavy (non-hydrogen) atoms. The van der Waals surface area contributed by atoms with Crippen LogP contribution >= 0.6 is 0 Å². The largest absolute Gasteiger partial charge is 0.326 e. The fourth-order valence-corrected chi connectivity index (χ4v) is 4.05. The van der Waals surface area contributed by atoms with Crippen LogP contribution in [0.4, 0.5) is 4.39 Å². The molecule has 1 aromatic carbocycles. The van der Waals surface area contributed by atoms with Crippen LogP contribution in [0, 0.1) is 12.7 Å². The number of aryl methyl sites for hydroxylation is 1. The minimum atomic E-state index is -0.161. The monoisotopic (exact) mass is 292 g/mol. The Morgan fingerprint density at radius 1 is 1.24 bits per heavy atom. The highest BCUT2D eigenvalue weighted by Gasteiger charge is 2.43. The van der Waals surface area contributed by atoms with Crippen LogP contribution in [0.2, 0.25) is 0 Å². The zero-order valence-electron chi connectivity index (χ0n) is 13.7. The quantitative estimate of drug-likeness (QED) is 0.867. The van der Waals surface area contributed by atoms with Crippen molar-refractivity contribution in [1.29, 1.82) is 0 Å². The van der Waals surface area contributed by atoms with E-state index in [-0.39, 0.29) is 17.4 Å². The molecule has 1 atom stereocenters. The molecule has 2 rings (SSSR count). The summed E-state index contributed by atoms with van der Waals surface area (Å²) in [4.78, 5) is 2.53. The fraction of sp³-hybridized carbons (Fsp3) is 0.667. The summed E-state index contributed by atoms with van der Waals surface area (Å²) in [5.74, 6) is -0.161. The second kappa shape index (κ2) is 6.89. The molecule has 1 aliphatic carbocycles. The molecule has 0 radical (unpaired) electrons. The first-order chi connectivity index (χ1) is 10.0. The number of benzene rings is 1. The molecule has 0 aliphatic heterocycles. The maximum Gasteiger partial charge on any atom is 0.123 e. The molecule has 0 spiro atoms. The second-order valence-corrected chi connectivity index (χ2v) is 6.36. The number of hydrogen-bond acceptors (Lipinski definition) is 2. The van der Waals surface area contributed by atoms with Crippen molar-refractivity contribution in [3.63, 3.8) is 0 Å². The highest BCUT2D eigenvalue weighted by atomic mass is 19.1. The van der Waals surface area contributed by atoms with Gasteiger partial charge >= 0.3 is 0 Å². The summed E-state index contributed by atoms with van der Waals surface area (Å²) < 4.78 is 13.5. The molecule has 2 nitrogen and oxygen atoms in total. The summed E-state index contributed by atoms with van der Waals surface area (Å²) >= 11 is 0. The Labute approximate surface area is 128 Å². The van der Waals surface area contributed by atoms with Crippen molar-refractivity contribution in [3.05, 3.63) is 35.1 Å². The van der Waals surface area contributed by atoms with Gasteiger partial charge in [0, 0.05) is 11.6 Å². The van der Waals surface area contributed by atoms with Gasteiger partial charge in [0.1, 0.15) is 5.82 Å². The van der Waals surface area contributed by atoms with Crippen molar-refractivity contribution in [3.8, 4) is 0 Å². The van der Waals surface area contributed by atoms with Crippen LogP contribution < -0.4 is 5.73 Å². The van der Waals surface area contributed by atoms with Crippen LogP contribution in [0.15, 0.2) is 18.2 Å². The lowest BCUT2D eigenvalue weighted by molar-refractivity contribution is 0.0771. The van der Waals surface area contributed by atoms with Crippen LogP contribution in [0.3, 0.4) is 0 Å². The van der Waals surface area contributed by atoms with Gasteiger partial charge < -0.3 is 5.73 Å². The van der Waals surface area contributed by atoms with Gasteiger partial charge in [0.15, 0.2) is 0 Å². The Morgan fingerprint density at radius 2 is 1.86 bits per heavy atom. The van der Waals surface area contributed by atoms with Gasteiger partial charge in [-0.1, -0.05) is 32.8 Å². The standard InChI is InChI=1S/C18H29FN2/c1-4-21(5-2)18(10-6-7-11-18)17(20)13-15-12-16(19)9-8-14(15)3/h8-9,12,17H,4-7,10-11,13,20H2,1-3H3. The van der Waals surface area contributed by atoms with Gasteiger partial charge in [0.05, 0.1) is 0 Å². The highest BCUT2D eigenvalue weighted by Crippen LogP contribution is 2.38. The van der Waals surface area contributed by atoms with Gasteiger partial charge in [0.25, 0.3) is 0 Å². The van der Waals surface area contributed by atoms with Crippen LogP contribution in [0.5, 0.6) is 0 Å². The van der Waals surface area contributed by atoms with Crippen LogP contribution in [-0.4, -0.2) is 29.6 Å². The van der Waals surface area contributed by atoms with Gasteiger partial charge in [-0.15, -0.1) is 0 Å². The molecule has 0 aromatic heterocycles. The van der Waals surface area contributed by atoms with Crippen molar-refractivity contribution in [2.45, 2.75) is 64.5 Å². The van der Waals surface area contributed by atoms with Crippen molar-refractivity contribution in [2.75, 3.05) is 13.1 Å². The van der Waals surface area contributed by atoms with Crippen molar-refractivity contribution in [2.24, 2.45) is 5.73 Å². The normalized spacial score (nSPS) is 19.1. The molecule has 0 saturated heterocycles. The average Bonchev–Trinajstić information content (AvgIpc) is 2.95. The van der Waals surface area contributed by atoms with E-state index < -0.39 is 0 Å². The molecule has 2 N–H and O–H groups in total. The van der Waals surface area contributed by atoms with Crippen molar-refractivity contribution < 1.29 is 4.39 Å². The summed E-state index contributed by atoms with van der Waals surface area (Å²) in [5.41, 5.74) is 8.95. The number of halogens is 1. The van der Waals surface area contributed by atoms with Crippen molar-refractivity contribution >= 4 is 0 Å². The zero-order valence-corrected chi connectivity index (χ0v) is 13.7. The first kappa shape index (κ1) is 16.4. The average molecular weight is 292 g/mol. The summed E-state index contributed by atoms with van der Waals surface area (Å²) in [6.07, 6.45) is 5.62. The molecule has 1 saturated carbocycles. The third kappa shape index (κ3) is 3.29.